The van der Waals surface area contributed by atoms with Gasteiger partial charge in [0.15, 0.2) is 0 Å². The fourth-order valence-corrected chi connectivity index (χ4v) is 0.698. The minimum atomic E-state index is 0.368. The molecule has 2 nitrogen and oxygen atoms in total. The predicted octanol–water partition coefficient (Wildman–Crippen LogP) is 2.33. The van der Waals surface area contributed by atoms with Crippen LogP contribution in [-0.2, 0) is 0 Å². The molecule has 0 aliphatic rings. The highest BCUT2D eigenvalue weighted by Crippen LogP contribution is 1.88. The molecule has 0 rings (SSSR count). The number of hydrogen-bond donors (Lipinski definition) is 0. The maximum Gasteiger partial charge on any atom is 0.0498 e. The van der Waals surface area contributed by atoms with E-state index >= 15 is 0 Å². The molecule has 0 aromatic rings. The van der Waals surface area contributed by atoms with E-state index < -0.39 is 0 Å². The first kappa shape index (κ1) is 10.3. The van der Waals surface area contributed by atoms with E-state index in [-0.39, 0.29) is 0 Å². The summed E-state index contributed by atoms with van der Waals surface area (Å²) in [4.78, 5) is 8.54. The van der Waals surface area contributed by atoms with Crippen molar-refractivity contribution in [3.8, 4) is 0 Å². The van der Waals surface area contributed by atoms with Crippen molar-refractivity contribution >= 4 is 11.9 Å². The van der Waals surface area contributed by atoms with Crippen LogP contribution in [0.1, 0.15) is 34.6 Å². The Morgan fingerprint density at radius 3 is 2.00 bits per heavy atom. The lowest BCUT2D eigenvalue weighted by atomic mass is 10.3. The average molecular weight is 154 g/mol. The maximum atomic E-state index is 4.32. The van der Waals surface area contributed by atoms with Crippen LogP contribution >= 0.6 is 0 Å². The Balaban J connectivity index is 3.95. The Labute approximate surface area is 69.4 Å². The van der Waals surface area contributed by atoms with Gasteiger partial charge in [0.25, 0.3) is 0 Å². The van der Waals surface area contributed by atoms with E-state index in [1.54, 1.807) is 0 Å². The second-order valence-corrected chi connectivity index (χ2v) is 3.24. The minimum absolute atomic E-state index is 0.368. The summed E-state index contributed by atoms with van der Waals surface area (Å²) in [6.45, 7) is 10.2. The van der Waals surface area contributed by atoms with E-state index in [1.807, 2.05) is 13.1 Å². The molecule has 0 aromatic carbocycles. The molecule has 0 atom stereocenters. The molecule has 0 spiro atoms. The molecule has 2 heteroatoms. The van der Waals surface area contributed by atoms with Gasteiger partial charge in [0.1, 0.15) is 0 Å². The zero-order valence-electron chi connectivity index (χ0n) is 8.13. The number of hydrogen-bond acceptors (Lipinski definition) is 2. The van der Waals surface area contributed by atoms with Gasteiger partial charge in [0.05, 0.1) is 0 Å². The lowest BCUT2D eigenvalue weighted by Gasteiger charge is -1.98. The van der Waals surface area contributed by atoms with Crippen LogP contribution in [0.25, 0.3) is 0 Å². The quantitative estimate of drug-likeness (QED) is 0.557. The van der Waals surface area contributed by atoms with Crippen molar-refractivity contribution < 1.29 is 0 Å². The second-order valence-electron chi connectivity index (χ2n) is 3.24. The summed E-state index contributed by atoms with van der Waals surface area (Å²) in [5, 5.41) is 0. The fraction of sp³-hybridized carbons (Fsp3) is 0.778. The molecule has 0 saturated heterocycles. The SMILES string of the molecule is CC(C=NC(C)C)=NC(C)C. The Kier molecular flexibility index (Phi) is 4.75. The van der Waals surface area contributed by atoms with Crippen LogP contribution in [0.15, 0.2) is 9.98 Å². The number of nitrogens with zero attached hydrogens (tertiary/aromatic N) is 2. The molecule has 0 unspecified atom stereocenters. The summed E-state index contributed by atoms with van der Waals surface area (Å²) in [6, 6.07) is 0.737. The highest BCUT2D eigenvalue weighted by molar-refractivity contribution is 6.29. The molecule has 0 aliphatic heterocycles. The second kappa shape index (κ2) is 5.05. The molecule has 0 amide bonds. The van der Waals surface area contributed by atoms with Gasteiger partial charge in [0.2, 0.25) is 0 Å². The average Bonchev–Trinajstić information content (AvgIpc) is 1.82. The zero-order chi connectivity index (χ0) is 8.85. The van der Waals surface area contributed by atoms with Gasteiger partial charge in [-0.3, -0.25) is 9.98 Å². The van der Waals surface area contributed by atoms with E-state index in [9.17, 15) is 0 Å². The van der Waals surface area contributed by atoms with Gasteiger partial charge in [-0.25, -0.2) is 0 Å². The third-order valence-corrected chi connectivity index (χ3v) is 1.02. The Morgan fingerprint density at radius 1 is 1.09 bits per heavy atom. The van der Waals surface area contributed by atoms with Crippen molar-refractivity contribution in [2.24, 2.45) is 9.98 Å². The third-order valence-electron chi connectivity index (χ3n) is 1.02. The first-order chi connectivity index (χ1) is 5.02. The smallest absolute Gasteiger partial charge is 0.0498 e. The molecule has 64 valence electrons. The molecular formula is C9H18N2. The molecule has 0 N–H and O–H groups in total. The molecule has 0 radical (unpaired) electrons. The molecule has 0 fully saturated rings. The van der Waals surface area contributed by atoms with Crippen LogP contribution in [0.4, 0.5) is 0 Å². The van der Waals surface area contributed by atoms with Gasteiger partial charge in [-0.2, -0.15) is 0 Å². The van der Waals surface area contributed by atoms with E-state index in [4.69, 9.17) is 0 Å². The Morgan fingerprint density at radius 2 is 1.64 bits per heavy atom. The van der Waals surface area contributed by atoms with Crippen molar-refractivity contribution in [2.45, 2.75) is 46.7 Å². The normalized spacial score (nSPS) is 13.9. The van der Waals surface area contributed by atoms with Gasteiger partial charge >= 0.3 is 0 Å². The van der Waals surface area contributed by atoms with Gasteiger partial charge in [-0.15, -0.1) is 0 Å². The largest absolute Gasteiger partial charge is 0.289 e. The van der Waals surface area contributed by atoms with Crippen LogP contribution in [0, 0.1) is 0 Å². The summed E-state index contributed by atoms with van der Waals surface area (Å²) in [6.07, 6.45) is 1.84. The van der Waals surface area contributed by atoms with Crippen molar-refractivity contribution in [3.05, 3.63) is 0 Å². The van der Waals surface area contributed by atoms with Crippen LogP contribution < -0.4 is 0 Å². The van der Waals surface area contributed by atoms with E-state index in [2.05, 4.69) is 37.7 Å². The summed E-state index contributed by atoms with van der Waals surface area (Å²) >= 11 is 0. The molecule has 0 saturated carbocycles. The highest BCUT2D eigenvalue weighted by atomic mass is 14.8. The monoisotopic (exact) mass is 154 g/mol. The van der Waals surface area contributed by atoms with Gasteiger partial charge in [0, 0.05) is 24.0 Å². The van der Waals surface area contributed by atoms with Crippen LogP contribution in [-0.4, -0.2) is 24.0 Å². The topological polar surface area (TPSA) is 24.7 Å². The van der Waals surface area contributed by atoms with Gasteiger partial charge in [-0.05, 0) is 34.6 Å². The predicted molar refractivity (Wildman–Crippen MR) is 51.9 cm³/mol. The molecule has 11 heavy (non-hydrogen) atoms. The standard InChI is InChI=1S/C9H18N2/c1-7(2)10-6-9(5)11-8(3)4/h6-8H,1-5H3. The van der Waals surface area contributed by atoms with Gasteiger partial charge in [-0.1, -0.05) is 0 Å². The zero-order valence-corrected chi connectivity index (χ0v) is 8.13. The van der Waals surface area contributed by atoms with Crippen molar-refractivity contribution in [1.29, 1.82) is 0 Å². The maximum absolute atomic E-state index is 4.32. The molecule has 0 aliphatic carbocycles. The Hall–Kier alpha value is -0.660. The lowest BCUT2D eigenvalue weighted by molar-refractivity contribution is 0.832. The lowest BCUT2D eigenvalue weighted by Crippen LogP contribution is -2.01. The highest BCUT2D eigenvalue weighted by Gasteiger charge is 1.89. The van der Waals surface area contributed by atoms with E-state index in [1.165, 1.54) is 0 Å². The fourth-order valence-electron chi connectivity index (χ4n) is 0.698. The summed E-state index contributed by atoms with van der Waals surface area (Å²) < 4.78 is 0. The van der Waals surface area contributed by atoms with Crippen LogP contribution in [0.3, 0.4) is 0 Å². The number of aliphatic imine (C=N–C) groups is 2. The first-order valence-electron chi connectivity index (χ1n) is 4.10. The third kappa shape index (κ3) is 7.23. The summed E-state index contributed by atoms with van der Waals surface area (Å²) in [5.74, 6) is 0. The molecule has 0 bridgehead atoms. The summed E-state index contributed by atoms with van der Waals surface area (Å²) in [7, 11) is 0. The van der Waals surface area contributed by atoms with Crippen molar-refractivity contribution in [1.82, 2.24) is 0 Å². The first-order valence-corrected chi connectivity index (χ1v) is 4.10. The van der Waals surface area contributed by atoms with Crippen LogP contribution in [0.5, 0.6) is 0 Å². The molecular weight excluding hydrogens is 136 g/mol. The van der Waals surface area contributed by atoms with E-state index in [0.717, 1.165) is 5.71 Å². The van der Waals surface area contributed by atoms with Crippen molar-refractivity contribution in [3.63, 3.8) is 0 Å². The van der Waals surface area contributed by atoms with Gasteiger partial charge < -0.3 is 0 Å². The number of rotatable bonds is 3. The molecule has 0 heterocycles. The molecule has 0 aromatic heterocycles. The Bertz CT molecular complexity index is 155. The summed E-state index contributed by atoms with van der Waals surface area (Å²) in [5.41, 5.74) is 1.01. The van der Waals surface area contributed by atoms with E-state index in [0.29, 0.717) is 12.1 Å². The minimum Gasteiger partial charge on any atom is -0.289 e. The van der Waals surface area contributed by atoms with Crippen molar-refractivity contribution in [2.75, 3.05) is 0 Å². The van der Waals surface area contributed by atoms with Crippen LogP contribution in [0.2, 0.25) is 0 Å².